The molecule has 2 N–H and O–H groups in total. The van der Waals surface area contributed by atoms with E-state index in [1.165, 1.54) is 10.4 Å². The number of aromatic nitrogens is 1. The molecule has 0 unspecified atom stereocenters. The molecule has 0 atom stereocenters. The van der Waals surface area contributed by atoms with Crippen LogP contribution in [0.3, 0.4) is 0 Å². The quantitative estimate of drug-likeness (QED) is 0.605. The second-order valence-corrected chi connectivity index (χ2v) is 6.40. The zero-order chi connectivity index (χ0) is 16.5. The van der Waals surface area contributed by atoms with Crippen LogP contribution in [0.1, 0.15) is 22.4 Å². The Kier molecular flexibility index (Phi) is 6.87. The van der Waals surface area contributed by atoms with Crippen LogP contribution in [0.15, 0.2) is 35.5 Å². The lowest BCUT2D eigenvalue weighted by Crippen LogP contribution is -2.38. The summed E-state index contributed by atoms with van der Waals surface area (Å²) in [7, 11) is 1.68. The second kappa shape index (κ2) is 9.15. The Bertz CT molecular complexity index is 622. The molecule has 23 heavy (non-hydrogen) atoms. The number of hydrogen-bond acceptors (Lipinski definition) is 4. The number of nitrogens with one attached hydrogen (secondary N) is 2. The number of aryl methyl sites for hydroxylation is 1. The number of ether oxygens (including phenoxy) is 1. The number of thiazole rings is 1. The summed E-state index contributed by atoms with van der Waals surface area (Å²) in [6, 6.07) is 8.14. The van der Waals surface area contributed by atoms with E-state index in [-0.39, 0.29) is 0 Å². The third-order valence-corrected chi connectivity index (χ3v) is 4.15. The number of guanidine groups is 1. The van der Waals surface area contributed by atoms with E-state index in [1.54, 1.807) is 18.4 Å². The van der Waals surface area contributed by atoms with Crippen molar-refractivity contribution >= 4 is 17.3 Å². The summed E-state index contributed by atoms with van der Waals surface area (Å²) in [6.45, 7) is 6.40. The lowest BCUT2D eigenvalue weighted by atomic mass is 10.1. The van der Waals surface area contributed by atoms with Gasteiger partial charge < -0.3 is 15.4 Å². The maximum absolute atomic E-state index is 5.17. The van der Waals surface area contributed by atoms with Gasteiger partial charge in [-0.2, -0.15) is 0 Å². The third-order valence-electron chi connectivity index (χ3n) is 3.25. The first-order chi connectivity index (χ1) is 11.2. The Labute approximate surface area is 141 Å². The van der Waals surface area contributed by atoms with Crippen LogP contribution in [-0.4, -0.2) is 31.1 Å². The first-order valence-corrected chi connectivity index (χ1v) is 8.59. The summed E-state index contributed by atoms with van der Waals surface area (Å²) in [6.07, 6.45) is 2.82. The Morgan fingerprint density at radius 3 is 2.65 bits per heavy atom. The number of aliphatic imine (C=N–C) groups is 1. The zero-order valence-corrected chi connectivity index (χ0v) is 14.7. The number of rotatable bonds is 7. The molecule has 0 aliphatic carbocycles. The molecule has 0 aliphatic heterocycles. The van der Waals surface area contributed by atoms with Crippen LogP contribution in [0.5, 0.6) is 5.75 Å². The molecule has 0 spiro atoms. The fourth-order valence-corrected chi connectivity index (χ4v) is 2.79. The molecule has 1 aromatic heterocycles. The normalized spacial score (nSPS) is 11.3. The molecule has 124 valence electrons. The van der Waals surface area contributed by atoms with Crippen molar-refractivity contribution in [1.82, 2.24) is 15.6 Å². The summed E-state index contributed by atoms with van der Waals surface area (Å²) in [5.74, 6) is 1.71. The third kappa shape index (κ3) is 5.90. The van der Waals surface area contributed by atoms with Crippen molar-refractivity contribution in [3.8, 4) is 5.75 Å². The monoisotopic (exact) mass is 332 g/mol. The van der Waals surface area contributed by atoms with Gasteiger partial charge in [0.2, 0.25) is 0 Å². The van der Waals surface area contributed by atoms with E-state index in [0.717, 1.165) is 36.2 Å². The fourth-order valence-electron chi connectivity index (χ4n) is 2.08. The summed E-state index contributed by atoms with van der Waals surface area (Å²) >= 11 is 1.69. The van der Waals surface area contributed by atoms with Gasteiger partial charge in [-0.25, -0.2) is 9.98 Å². The number of hydrogen-bond donors (Lipinski definition) is 2. The highest BCUT2D eigenvalue weighted by Gasteiger charge is 2.01. The fraction of sp³-hybridized carbons (Fsp3) is 0.412. The van der Waals surface area contributed by atoms with Gasteiger partial charge in [0.25, 0.3) is 0 Å². The smallest absolute Gasteiger partial charge is 0.191 e. The van der Waals surface area contributed by atoms with Crippen molar-refractivity contribution in [2.24, 2.45) is 4.99 Å². The zero-order valence-electron chi connectivity index (χ0n) is 13.9. The summed E-state index contributed by atoms with van der Waals surface area (Å²) in [4.78, 5) is 10.1. The van der Waals surface area contributed by atoms with E-state index in [9.17, 15) is 0 Å². The average Bonchev–Trinajstić information content (AvgIpc) is 2.99. The van der Waals surface area contributed by atoms with Crippen molar-refractivity contribution in [2.45, 2.75) is 26.8 Å². The molecule has 0 saturated carbocycles. The van der Waals surface area contributed by atoms with Gasteiger partial charge in [0.1, 0.15) is 10.8 Å². The van der Waals surface area contributed by atoms with E-state index >= 15 is 0 Å². The predicted molar refractivity (Wildman–Crippen MR) is 96.4 cm³/mol. The van der Waals surface area contributed by atoms with E-state index in [1.807, 2.05) is 18.3 Å². The van der Waals surface area contributed by atoms with Crippen molar-refractivity contribution in [1.29, 1.82) is 0 Å². The average molecular weight is 332 g/mol. The lowest BCUT2D eigenvalue weighted by molar-refractivity contribution is 0.414. The molecular formula is C17H24N4OS. The number of benzene rings is 1. The van der Waals surface area contributed by atoms with Gasteiger partial charge in [0.15, 0.2) is 5.96 Å². The molecule has 0 radical (unpaired) electrons. The van der Waals surface area contributed by atoms with Crippen LogP contribution in [-0.2, 0) is 13.0 Å². The van der Waals surface area contributed by atoms with Crippen molar-refractivity contribution in [3.63, 3.8) is 0 Å². The molecule has 5 nitrogen and oxygen atoms in total. The standard InChI is InChI=1S/C17H24N4OS/c1-4-18-17(21-12-16-20-11-13(2)23-16)19-10-9-14-5-7-15(22-3)8-6-14/h5-8,11H,4,9-10,12H2,1-3H3,(H2,18,19,21). The van der Waals surface area contributed by atoms with Crippen LogP contribution in [0, 0.1) is 6.92 Å². The highest BCUT2D eigenvalue weighted by molar-refractivity contribution is 7.11. The predicted octanol–water partition coefficient (Wildman–Crippen LogP) is 2.76. The van der Waals surface area contributed by atoms with Crippen LogP contribution >= 0.6 is 11.3 Å². The van der Waals surface area contributed by atoms with E-state index < -0.39 is 0 Å². The van der Waals surface area contributed by atoms with Crippen LogP contribution < -0.4 is 15.4 Å². The van der Waals surface area contributed by atoms with Crippen LogP contribution in [0.2, 0.25) is 0 Å². The van der Waals surface area contributed by atoms with Gasteiger partial charge >= 0.3 is 0 Å². The molecule has 0 aliphatic rings. The molecule has 0 fully saturated rings. The Hall–Kier alpha value is -2.08. The number of nitrogens with zero attached hydrogens (tertiary/aromatic N) is 2. The highest BCUT2D eigenvalue weighted by atomic mass is 32.1. The van der Waals surface area contributed by atoms with Crippen molar-refractivity contribution < 1.29 is 4.74 Å². The molecular weight excluding hydrogens is 308 g/mol. The Morgan fingerprint density at radius 2 is 2.04 bits per heavy atom. The van der Waals surface area contributed by atoms with Gasteiger partial charge in [-0.3, -0.25) is 0 Å². The molecule has 1 heterocycles. The second-order valence-electron chi connectivity index (χ2n) is 5.08. The summed E-state index contributed by atoms with van der Waals surface area (Å²) in [5.41, 5.74) is 1.27. The molecule has 0 amide bonds. The molecule has 1 aromatic carbocycles. The molecule has 2 rings (SSSR count). The Morgan fingerprint density at radius 1 is 1.26 bits per heavy atom. The van der Waals surface area contributed by atoms with Crippen LogP contribution in [0.4, 0.5) is 0 Å². The largest absolute Gasteiger partial charge is 0.497 e. The molecule has 0 bridgehead atoms. The summed E-state index contributed by atoms with van der Waals surface area (Å²) < 4.78 is 5.17. The first kappa shape index (κ1) is 17.3. The lowest BCUT2D eigenvalue weighted by Gasteiger charge is -2.11. The number of methoxy groups -OCH3 is 1. The van der Waals surface area contributed by atoms with E-state index in [2.05, 4.69) is 46.6 Å². The molecule has 0 saturated heterocycles. The minimum absolute atomic E-state index is 0.608. The van der Waals surface area contributed by atoms with Gasteiger partial charge in [0, 0.05) is 24.2 Å². The maximum Gasteiger partial charge on any atom is 0.191 e. The summed E-state index contributed by atoms with van der Waals surface area (Å²) in [5, 5.41) is 7.66. The van der Waals surface area contributed by atoms with E-state index in [4.69, 9.17) is 4.74 Å². The van der Waals surface area contributed by atoms with Gasteiger partial charge in [-0.1, -0.05) is 12.1 Å². The minimum Gasteiger partial charge on any atom is -0.497 e. The Balaban J connectivity index is 1.83. The minimum atomic E-state index is 0.608. The highest BCUT2D eigenvalue weighted by Crippen LogP contribution is 2.12. The van der Waals surface area contributed by atoms with E-state index in [0.29, 0.717) is 6.54 Å². The topological polar surface area (TPSA) is 58.5 Å². The van der Waals surface area contributed by atoms with Crippen molar-refractivity contribution in [2.75, 3.05) is 20.2 Å². The molecule has 6 heteroatoms. The first-order valence-electron chi connectivity index (χ1n) is 7.77. The van der Waals surface area contributed by atoms with Gasteiger partial charge in [-0.05, 0) is 38.0 Å². The molecule has 2 aromatic rings. The van der Waals surface area contributed by atoms with Gasteiger partial charge in [0.05, 0.1) is 13.7 Å². The maximum atomic E-state index is 5.17. The van der Waals surface area contributed by atoms with Gasteiger partial charge in [-0.15, -0.1) is 11.3 Å². The van der Waals surface area contributed by atoms with Crippen LogP contribution in [0.25, 0.3) is 0 Å². The van der Waals surface area contributed by atoms with Crippen molar-refractivity contribution in [3.05, 3.63) is 45.9 Å². The SMILES string of the molecule is CCNC(=NCc1ncc(C)s1)NCCc1ccc(OC)cc1.